The van der Waals surface area contributed by atoms with Crippen molar-refractivity contribution < 1.29 is 23.8 Å². The van der Waals surface area contributed by atoms with Gasteiger partial charge >= 0.3 is 11.9 Å². The Labute approximate surface area is 98.1 Å². The number of thioether (sulfide) groups is 1. The van der Waals surface area contributed by atoms with Crippen LogP contribution in [0.15, 0.2) is 10.7 Å². The number of carbonyl (C=O) groups excluding carboxylic acids is 2. The molecule has 0 aliphatic carbocycles. The lowest BCUT2D eigenvalue weighted by Crippen LogP contribution is -2.25. The molecule has 1 atom stereocenters. The highest BCUT2D eigenvalue weighted by molar-refractivity contribution is 8.04. The van der Waals surface area contributed by atoms with Crippen molar-refractivity contribution in [1.29, 1.82) is 0 Å². The molecule has 16 heavy (non-hydrogen) atoms. The molecule has 1 aliphatic heterocycles. The Morgan fingerprint density at radius 3 is 2.81 bits per heavy atom. The maximum Gasteiger partial charge on any atom is 0.348 e. The van der Waals surface area contributed by atoms with Gasteiger partial charge in [0.25, 0.3) is 0 Å². The number of rotatable bonds is 3. The number of carbonyl (C=O) groups is 2. The van der Waals surface area contributed by atoms with E-state index >= 15 is 0 Å². The van der Waals surface area contributed by atoms with Crippen molar-refractivity contribution in [2.45, 2.75) is 26.2 Å². The van der Waals surface area contributed by atoms with E-state index in [-0.39, 0.29) is 6.61 Å². The summed E-state index contributed by atoms with van der Waals surface area (Å²) < 4.78 is 15.1. The van der Waals surface area contributed by atoms with Gasteiger partial charge in [0.1, 0.15) is 17.3 Å². The lowest BCUT2D eigenvalue weighted by Gasteiger charge is -2.24. The first-order chi connectivity index (χ1) is 7.54. The third kappa shape index (κ3) is 3.44. The molecule has 0 aromatic carbocycles. The molecule has 0 fully saturated rings. The predicted molar refractivity (Wildman–Crippen MR) is 58.4 cm³/mol. The quantitative estimate of drug-likeness (QED) is 0.702. The zero-order chi connectivity index (χ0) is 12.1. The van der Waals surface area contributed by atoms with Crippen LogP contribution in [0.1, 0.15) is 20.8 Å². The summed E-state index contributed by atoms with van der Waals surface area (Å²) in [6.45, 7) is 5.28. The van der Waals surface area contributed by atoms with E-state index in [1.807, 2.05) is 0 Å². The van der Waals surface area contributed by atoms with E-state index in [0.29, 0.717) is 17.3 Å². The predicted octanol–water partition coefficient (Wildman–Crippen LogP) is 1.43. The molecule has 1 heterocycles. The normalized spacial score (nSPS) is 20.1. The van der Waals surface area contributed by atoms with Gasteiger partial charge in [-0.1, -0.05) is 11.8 Å². The third-order valence-corrected chi connectivity index (χ3v) is 2.95. The second-order valence-electron chi connectivity index (χ2n) is 3.07. The molecular formula is C10H14O5S. The van der Waals surface area contributed by atoms with Crippen molar-refractivity contribution in [2.24, 2.45) is 0 Å². The van der Waals surface area contributed by atoms with Gasteiger partial charge < -0.3 is 14.2 Å². The zero-order valence-corrected chi connectivity index (χ0v) is 10.3. The second-order valence-corrected chi connectivity index (χ2v) is 4.24. The fourth-order valence-electron chi connectivity index (χ4n) is 1.14. The summed E-state index contributed by atoms with van der Waals surface area (Å²) in [5.41, 5.74) is -0.486. The highest BCUT2D eigenvalue weighted by atomic mass is 32.2. The molecular weight excluding hydrogens is 232 g/mol. The van der Waals surface area contributed by atoms with Gasteiger partial charge in [0.05, 0.1) is 6.61 Å². The molecule has 0 saturated carbocycles. The number of hydrogen-bond donors (Lipinski definition) is 0. The minimum absolute atomic E-state index is 0.249. The molecule has 0 bridgehead atoms. The molecule has 1 unspecified atom stereocenters. The van der Waals surface area contributed by atoms with E-state index in [1.165, 1.54) is 6.92 Å². The maximum atomic E-state index is 11.5. The van der Waals surface area contributed by atoms with Gasteiger partial charge in [-0.3, -0.25) is 4.79 Å². The summed E-state index contributed by atoms with van der Waals surface area (Å²) in [6.07, 6.45) is 0. The highest BCUT2D eigenvalue weighted by Gasteiger charge is 2.28. The van der Waals surface area contributed by atoms with Crippen LogP contribution in [0, 0.1) is 0 Å². The molecule has 1 aliphatic rings. The summed E-state index contributed by atoms with van der Waals surface area (Å²) >= 11 is 1.15. The first kappa shape index (κ1) is 12.9. The molecule has 0 aromatic heterocycles. The van der Waals surface area contributed by atoms with Gasteiger partial charge in [-0.15, -0.1) is 0 Å². The average Bonchev–Trinajstić information content (AvgIpc) is 2.20. The number of allylic oxidation sites excluding steroid dienone is 1. The Morgan fingerprint density at radius 1 is 1.56 bits per heavy atom. The van der Waals surface area contributed by atoms with Crippen LogP contribution in [0.2, 0.25) is 0 Å². The minimum Gasteiger partial charge on any atom is -0.492 e. The number of hydrogen-bond acceptors (Lipinski definition) is 6. The summed E-state index contributed by atoms with van der Waals surface area (Å²) in [6, 6.07) is 0. The van der Waals surface area contributed by atoms with Gasteiger partial charge in [0, 0.05) is 6.92 Å². The van der Waals surface area contributed by atoms with E-state index in [4.69, 9.17) is 14.2 Å². The van der Waals surface area contributed by atoms with Gasteiger partial charge in [-0.2, -0.15) is 0 Å². The molecule has 0 aromatic rings. The Balaban J connectivity index is 2.67. The van der Waals surface area contributed by atoms with Crippen molar-refractivity contribution in [1.82, 2.24) is 0 Å². The van der Waals surface area contributed by atoms with E-state index in [9.17, 15) is 9.59 Å². The lowest BCUT2D eigenvalue weighted by atomic mass is 10.4. The standard InChI is InChI=1S/C10H14O5S/c1-4-13-10(12)9-6(2)14-5-8(16-9)15-7(3)11/h8H,4-5H2,1-3H3. The largest absolute Gasteiger partial charge is 0.492 e. The van der Waals surface area contributed by atoms with Crippen LogP contribution in [0.3, 0.4) is 0 Å². The topological polar surface area (TPSA) is 61.8 Å². The van der Waals surface area contributed by atoms with Crippen molar-refractivity contribution in [3.8, 4) is 0 Å². The highest BCUT2D eigenvalue weighted by Crippen LogP contribution is 2.32. The first-order valence-electron chi connectivity index (χ1n) is 4.89. The monoisotopic (exact) mass is 246 g/mol. The van der Waals surface area contributed by atoms with Crippen LogP contribution in [0.5, 0.6) is 0 Å². The van der Waals surface area contributed by atoms with Crippen molar-refractivity contribution in [3.05, 3.63) is 10.7 Å². The Kier molecular flexibility index (Phi) is 4.67. The van der Waals surface area contributed by atoms with Crippen LogP contribution in [0.4, 0.5) is 0 Å². The molecule has 0 radical (unpaired) electrons. The Bertz CT molecular complexity index is 323. The molecule has 90 valence electrons. The molecule has 5 nitrogen and oxygen atoms in total. The summed E-state index contributed by atoms with van der Waals surface area (Å²) in [5.74, 6) is -0.336. The smallest absolute Gasteiger partial charge is 0.348 e. The molecule has 0 saturated heterocycles. The van der Waals surface area contributed by atoms with Gasteiger partial charge in [0.15, 0.2) is 5.44 Å². The first-order valence-corrected chi connectivity index (χ1v) is 5.77. The molecule has 0 N–H and O–H groups in total. The Hall–Kier alpha value is -1.17. The Morgan fingerprint density at radius 2 is 2.25 bits per heavy atom. The fraction of sp³-hybridized carbons (Fsp3) is 0.600. The lowest BCUT2D eigenvalue weighted by molar-refractivity contribution is -0.144. The van der Waals surface area contributed by atoms with Crippen LogP contribution >= 0.6 is 11.8 Å². The number of ether oxygens (including phenoxy) is 3. The van der Waals surface area contributed by atoms with E-state index in [1.54, 1.807) is 13.8 Å². The van der Waals surface area contributed by atoms with Crippen LogP contribution in [-0.4, -0.2) is 30.6 Å². The van der Waals surface area contributed by atoms with Crippen molar-refractivity contribution >= 4 is 23.7 Å². The van der Waals surface area contributed by atoms with Crippen molar-refractivity contribution in [2.75, 3.05) is 13.2 Å². The van der Waals surface area contributed by atoms with Gasteiger partial charge in [0.2, 0.25) is 0 Å². The molecule has 0 amide bonds. The summed E-state index contributed by atoms with van der Waals surface area (Å²) in [4.78, 5) is 22.7. The number of esters is 2. The van der Waals surface area contributed by atoms with Crippen LogP contribution < -0.4 is 0 Å². The SMILES string of the molecule is CCOC(=O)C1=C(C)OCC(OC(C)=O)S1. The van der Waals surface area contributed by atoms with Gasteiger partial charge in [-0.05, 0) is 13.8 Å². The van der Waals surface area contributed by atoms with Crippen LogP contribution in [0.25, 0.3) is 0 Å². The fourth-order valence-corrected chi connectivity index (χ4v) is 2.10. The zero-order valence-electron chi connectivity index (χ0n) is 9.44. The second kappa shape index (κ2) is 5.79. The van der Waals surface area contributed by atoms with Crippen molar-refractivity contribution in [3.63, 3.8) is 0 Å². The summed E-state index contributed by atoms with van der Waals surface area (Å²) in [7, 11) is 0. The van der Waals surface area contributed by atoms with Crippen LogP contribution in [-0.2, 0) is 23.8 Å². The van der Waals surface area contributed by atoms with Gasteiger partial charge in [-0.25, -0.2) is 4.79 Å². The average molecular weight is 246 g/mol. The van der Waals surface area contributed by atoms with E-state index < -0.39 is 17.4 Å². The third-order valence-electron chi connectivity index (χ3n) is 1.76. The molecule has 6 heteroatoms. The maximum absolute atomic E-state index is 11.5. The minimum atomic E-state index is -0.486. The van der Waals surface area contributed by atoms with E-state index in [0.717, 1.165) is 11.8 Å². The molecule has 0 spiro atoms. The molecule has 1 rings (SSSR count). The van der Waals surface area contributed by atoms with E-state index in [2.05, 4.69) is 0 Å². The summed E-state index contributed by atoms with van der Waals surface area (Å²) in [5, 5.41) is 0.